The van der Waals surface area contributed by atoms with Gasteiger partial charge in [0.1, 0.15) is 11.4 Å². The first-order chi connectivity index (χ1) is 14.7. The number of nitrogens with zero attached hydrogens (tertiary/aromatic N) is 1. The summed E-state index contributed by atoms with van der Waals surface area (Å²) >= 11 is 0.886. The van der Waals surface area contributed by atoms with E-state index in [0.29, 0.717) is 23.8 Å². The number of benzene rings is 1. The molecule has 0 aromatic heterocycles. The molecule has 168 valence electrons. The summed E-state index contributed by atoms with van der Waals surface area (Å²) in [4.78, 5) is 38.3. The average Bonchev–Trinajstić information content (AvgIpc) is 2.97. The summed E-state index contributed by atoms with van der Waals surface area (Å²) in [6, 6.07) is 5.57. The summed E-state index contributed by atoms with van der Waals surface area (Å²) in [7, 11) is 0. The third-order valence-corrected chi connectivity index (χ3v) is 5.53. The summed E-state index contributed by atoms with van der Waals surface area (Å²) in [6.45, 7) is 9.27. The van der Waals surface area contributed by atoms with Gasteiger partial charge in [0.2, 0.25) is 0 Å². The molecular formula is C22H29N3O5S. The first-order valence-electron chi connectivity index (χ1n) is 10.4. The molecule has 3 amide bonds. The topological polar surface area (TPSA) is 97.0 Å². The van der Waals surface area contributed by atoms with Crippen molar-refractivity contribution in [3.05, 3.63) is 28.7 Å². The van der Waals surface area contributed by atoms with Crippen LogP contribution in [0.1, 0.15) is 46.1 Å². The van der Waals surface area contributed by atoms with Crippen molar-refractivity contribution >= 4 is 40.8 Å². The SMILES string of the molecule is CCOc1cccc(/C=C2\SC(=O)NC2=O)c1N1CCC[C@@H](NC(=O)OC(C)(C)C)C1. The molecule has 0 unspecified atom stereocenters. The zero-order valence-electron chi connectivity index (χ0n) is 18.3. The number of alkyl carbamates (subject to hydrolysis) is 1. The number of anilines is 1. The van der Waals surface area contributed by atoms with Crippen molar-refractivity contribution < 1.29 is 23.9 Å². The number of hydrogen-bond acceptors (Lipinski definition) is 7. The largest absolute Gasteiger partial charge is 0.492 e. The highest BCUT2D eigenvalue weighted by Gasteiger charge is 2.29. The zero-order chi connectivity index (χ0) is 22.6. The lowest BCUT2D eigenvalue weighted by Crippen LogP contribution is -2.49. The van der Waals surface area contributed by atoms with Crippen LogP contribution >= 0.6 is 11.8 Å². The van der Waals surface area contributed by atoms with Crippen molar-refractivity contribution in [2.24, 2.45) is 0 Å². The zero-order valence-corrected chi connectivity index (χ0v) is 19.1. The van der Waals surface area contributed by atoms with Crippen molar-refractivity contribution in [1.29, 1.82) is 0 Å². The minimum Gasteiger partial charge on any atom is -0.492 e. The number of thioether (sulfide) groups is 1. The second kappa shape index (κ2) is 9.64. The molecule has 0 saturated carbocycles. The average molecular weight is 448 g/mol. The van der Waals surface area contributed by atoms with Gasteiger partial charge in [-0.05, 0) is 64.4 Å². The Morgan fingerprint density at radius 2 is 2.13 bits per heavy atom. The fourth-order valence-electron chi connectivity index (χ4n) is 3.60. The van der Waals surface area contributed by atoms with Crippen LogP contribution in [0.4, 0.5) is 15.3 Å². The molecule has 2 fully saturated rings. The molecule has 0 bridgehead atoms. The van der Waals surface area contributed by atoms with Crippen LogP contribution in [-0.2, 0) is 9.53 Å². The molecule has 2 N–H and O–H groups in total. The Morgan fingerprint density at radius 3 is 2.77 bits per heavy atom. The fourth-order valence-corrected chi connectivity index (χ4v) is 4.27. The van der Waals surface area contributed by atoms with E-state index >= 15 is 0 Å². The highest BCUT2D eigenvalue weighted by molar-refractivity contribution is 8.18. The number of piperidine rings is 1. The molecule has 2 heterocycles. The van der Waals surface area contributed by atoms with E-state index in [4.69, 9.17) is 9.47 Å². The molecule has 1 aromatic rings. The third kappa shape index (κ3) is 6.16. The lowest BCUT2D eigenvalue weighted by Gasteiger charge is -2.36. The van der Waals surface area contributed by atoms with E-state index in [-0.39, 0.29) is 11.3 Å². The van der Waals surface area contributed by atoms with E-state index in [0.717, 1.165) is 42.4 Å². The quantitative estimate of drug-likeness (QED) is 0.661. The summed E-state index contributed by atoms with van der Waals surface area (Å²) < 4.78 is 11.3. The van der Waals surface area contributed by atoms with Crippen LogP contribution in [-0.4, -0.2) is 48.6 Å². The van der Waals surface area contributed by atoms with Crippen molar-refractivity contribution in [2.45, 2.75) is 52.2 Å². The monoisotopic (exact) mass is 447 g/mol. The molecule has 3 rings (SSSR count). The normalized spacial score (nSPS) is 20.6. The van der Waals surface area contributed by atoms with Gasteiger partial charge in [-0.15, -0.1) is 0 Å². The second-order valence-corrected chi connectivity index (χ2v) is 9.43. The van der Waals surface area contributed by atoms with Crippen LogP contribution in [0, 0.1) is 0 Å². The minimum atomic E-state index is -0.559. The number of carbonyl (C=O) groups is 3. The molecule has 0 aliphatic carbocycles. The highest BCUT2D eigenvalue weighted by Crippen LogP contribution is 2.37. The van der Waals surface area contributed by atoms with Crippen LogP contribution in [0.2, 0.25) is 0 Å². The first kappa shape index (κ1) is 23.0. The maximum Gasteiger partial charge on any atom is 0.407 e. The van der Waals surface area contributed by atoms with E-state index in [2.05, 4.69) is 15.5 Å². The van der Waals surface area contributed by atoms with E-state index in [9.17, 15) is 14.4 Å². The summed E-state index contributed by atoms with van der Waals surface area (Å²) in [6.07, 6.45) is 3.01. The van der Waals surface area contributed by atoms with Crippen molar-refractivity contribution in [3.63, 3.8) is 0 Å². The number of nitrogens with one attached hydrogen (secondary N) is 2. The Labute approximate surface area is 186 Å². The summed E-state index contributed by atoms with van der Waals surface area (Å²) in [5, 5.41) is 4.87. The standard InChI is InChI=1S/C22H29N3O5S/c1-5-29-16-10-6-8-14(12-17-19(26)24-21(28)31-17)18(16)25-11-7-9-15(13-25)23-20(27)30-22(2,3)4/h6,8,10,12,15H,5,7,9,11,13H2,1-4H3,(H,23,27)(H,24,26,28)/b17-12-/t15-/m1/s1. The van der Waals surface area contributed by atoms with E-state index < -0.39 is 17.6 Å². The maximum atomic E-state index is 12.2. The number of imide groups is 1. The Kier molecular flexibility index (Phi) is 7.15. The number of hydrogen-bond donors (Lipinski definition) is 2. The Bertz CT molecular complexity index is 894. The Hall–Kier alpha value is -2.68. The Balaban J connectivity index is 1.86. The highest BCUT2D eigenvalue weighted by atomic mass is 32.2. The minimum absolute atomic E-state index is 0.0792. The van der Waals surface area contributed by atoms with Crippen LogP contribution in [0.5, 0.6) is 5.75 Å². The summed E-state index contributed by atoms with van der Waals surface area (Å²) in [5.41, 5.74) is 1.08. The van der Waals surface area contributed by atoms with Gasteiger partial charge in [-0.3, -0.25) is 14.9 Å². The van der Waals surface area contributed by atoms with E-state index in [1.54, 1.807) is 6.08 Å². The number of para-hydroxylation sites is 1. The molecule has 2 aliphatic heterocycles. The van der Waals surface area contributed by atoms with Crippen molar-refractivity contribution in [3.8, 4) is 5.75 Å². The van der Waals surface area contributed by atoms with Crippen LogP contribution in [0.3, 0.4) is 0 Å². The van der Waals surface area contributed by atoms with Gasteiger partial charge < -0.3 is 19.7 Å². The molecular weight excluding hydrogens is 418 g/mol. The van der Waals surface area contributed by atoms with Gasteiger partial charge in [0.05, 0.1) is 17.2 Å². The molecule has 1 aromatic carbocycles. The number of amides is 3. The van der Waals surface area contributed by atoms with Crippen molar-refractivity contribution in [1.82, 2.24) is 10.6 Å². The lowest BCUT2D eigenvalue weighted by molar-refractivity contribution is -0.115. The smallest absolute Gasteiger partial charge is 0.407 e. The lowest BCUT2D eigenvalue weighted by atomic mass is 10.0. The molecule has 8 nitrogen and oxygen atoms in total. The molecule has 9 heteroatoms. The molecule has 0 spiro atoms. The second-order valence-electron chi connectivity index (χ2n) is 8.41. The van der Waals surface area contributed by atoms with Gasteiger partial charge >= 0.3 is 6.09 Å². The van der Waals surface area contributed by atoms with Crippen LogP contribution < -0.4 is 20.3 Å². The number of rotatable bonds is 5. The van der Waals surface area contributed by atoms with Gasteiger partial charge in [-0.25, -0.2) is 4.79 Å². The molecule has 1 atom stereocenters. The summed E-state index contributed by atoms with van der Waals surface area (Å²) in [5.74, 6) is 0.301. The first-order valence-corrected chi connectivity index (χ1v) is 11.2. The van der Waals surface area contributed by atoms with Gasteiger partial charge in [0, 0.05) is 24.7 Å². The number of carbonyl (C=O) groups excluding carboxylic acids is 3. The van der Waals surface area contributed by atoms with Gasteiger partial charge in [-0.1, -0.05) is 12.1 Å². The van der Waals surface area contributed by atoms with Crippen molar-refractivity contribution in [2.75, 3.05) is 24.6 Å². The number of ether oxygens (including phenoxy) is 2. The van der Waals surface area contributed by atoms with Gasteiger partial charge in [0.15, 0.2) is 0 Å². The van der Waals surface area contributed by atoms with Crippen LogP contribution in [0.15, 0.2) is 23.1 Å². The van der Waals surface area contributed by atoms with E-state index in [1.165, 1.54) is 0 Å². The third-order valence-electron chi connectivity index (χ3n) is 4.72. The predicted octanol–water partition coefficient (Wildman–Crippen LogP) is 3.90. The fraction of sp³-hybridized carbons (Fsp3) is 0.500. The van der Waals surface area contributed by atoms with Gasteiger partial charge in [-0.2, -0.15) is 0 Å². The molecule has 2 saturated heterocycles. The van der Waals surface area contributed by atoms with Crippen LogP contribution in [0.25, 0.3) is 6.08 Å². The Morgan fingerprint density at radius 1 is 1.35 bits per heavy atom. The van der Waals surface area contributed by atoms with Gasteiger partial charge in [0.25, 0.3) is 11.1 Å². The maximum absolute atomic E-state index is 12.2. The molecule has 2 aliphatic rings. The van der Waals surface area contributed by atoms with E-state index in [1.807, 2.05) is 45.9 Å². The predicted molar refractivity (Wildman–Crippen MR) is 121 cm³/mol. The molecule has 0 radical (unpaired) electrons. The molecule has 31 heavy (non-hydrogen) atoms.